The molecule has 16 nitrogen and oxygen atoms in total. The molecule has 1 aliphatic heterocycles. The van der Waals surface area contributed by atoms with E-state index in [4.69, 9.17) is 18.5 Å². The lowest BCUT2D eigenvalue weighted by atomic mass is 9.82. The summed E-state index contributed by atoms with van der Waals surface area (Å²) in [6.07, 6.45) is 8.23. The maximum Gasteiger partial charge on any atom is 0.472 e. The molecule has 17 heteroatoms. The molecule has 64 heavy (non-hydrogen) atoms. The molecular weight excluding hydrogens is 851 g/mol. The maximum atomic E-state index is 13.7. The standard InChI is InChI=1S/C47H81O16P/c1-3-5-7-8-9-10-11-12-13-14-15-16-17-18-24-28-41(52)62-35-32-60-40(51)27-23-20-19-22-26-36-38(49)31-39(50)37(30-29-34(48)25-21-6-4-2)43(54)45(56)47(46(57)44(55)42(36)53)63-64(58,59)61-33-35/h9-10,12-13,29-30,34-38,42-49,53-57H,3-8,11,14-28,31-33H2,1-2H3,(H,58,59)/b10-9-,13-12-,30-29+/t34-,35+,36-,37-,38-,42+,43+,44-,45+,46+,47+/m0/s1. The molecule has 1 aliphatic carbocycles. The van der Waals surface area contributed by atoms with E-state index in [-0.39, 0.29) is 19.3 Å². The number of fused-ring (bicyclic) bond motifs is 4. The van der Waals surface area contributed by atoms with Crippen molar-refractivity contribution in [3.05, 3.63) is 36.5 Å². The monoisotopic (exact) mass is 933 g/mol. The van der Waals surface area contributed by atoms with Crippen LogP contribution in [0, 0.1) is 11.8 Å². The average molecular weight is 933 g/mol. The summed E-state index contributed by atoms with van der Waals surface area (Å²) in [5.74, 6) is -5.01. The molecule has 0 radical (unpaired) electrons. The zero-order valence-corrected chi connectivity index (χ0v) is 39.2. The van der Waals surface area contributed by atoms with Gasteiger partial charge >= 0.3 is 19.8 Å². The van der Waals surface area contributed by atoms with Crippen LogP contribution in [0.1, 0.15) is 162 Å². The van der Waals surface area contributed by atoms with Crippen molar-refractivity contribution >= 4 is 25.5 Å². The molecular formula is C47H81O16P. The maximum absolute atomic E-state index is 13.7. The van der Waals surface area contributed by atoms with Crippen LogP contribution < -0.4 is 0 Å². The Morgan fingerprint density at radius 1 is 0.766 bits per heavy atom. The largest absolute Gasteiger partial charge is 0.472 e. The zero-order valence-electron chi connectivity index (χ0n) is 38.3. The lowest BCUT2D eigenvalue weighted by molar-refractivity contribution is -0.167. The summed E-state index contributed by atoms with van der Waals surface area (Å²) in [7, 11) is -5.46. The molecule has 1 saturated heterocycles. The first-order chi connectivity index (χ1) is 30.6. The molecule has 1 saturated carbocycles. The van der Waals surface area contributed by atoms with Crippen LogP contribution in [0.15, 0.2) is 36.5 Å². The average Bonchev–Trinajstić information content (AvgIpc) is 3.26. The number of ether oxygens (including phenoxy) is 2. The highest BCUT2D eigenvalue weighted by atomic mass is 31.2. The fourth-order valence-electron chi connectivity index (χ4n) is 7.89. The summed E-state index contributed by atoms with van der Waals surface area (Å²) < 4.78 is 34.7. The fourth-order valence-corrected chi connectivity index (χ4v) is 8.86. The van der Waals surface area contributed by atoms with Gasteiger partial charge in [0.25, 0.3) is 0 Å². The summed E-state index contributed by atoms with van der Waals surface area (Å²) in [6.45, 7) is 2.77. The number of ketones is 1. The molecule has 0 amide bonds. The Labute approximate surface area is 380 Å². The molecule has 0 aromatic heterocycles. The van der Waals surface area contributed by atoms with Gasteiger partial charge in [0.2, 0.25) is 0 Å². The number of carbonyl (C=O) groups is 3. The van der Waals surface area contributed by atoms with Gasteiger partial charge < -0.3 is 50.1 Å². The third-order valence-corrected chi connectivity index (χ3v) is 12.8. The number of Topliss-reactive ketones (excluding diaryl/α,β-unsaturated/α-hetero) is 1. The number of allylic oxidation sites excluding steroid dienone is 4. The van der Waals surface area contributed by atoms with Crippen molar-refractivity contribution in [2.24, 2.45) is 11.8 Å². The molecule has 2 aliphatic rings. The van der Waals surface area contributed by atoms with E-state index in [1.54, 1.807) is 0 Å². The summed E-state index contributed by atoms with van der Waals surface area (Å²) in [5.41, 5.74) is 0. The molecule has 2 rings (SSSR count). The molecule has 0 aromatic carbocycles. The van der Waals surface area contributed by atoms with Crippen molar-refractivity contribution in [2.75, 3.05) is 13.2 Å². The Morgan fingerprint density at radius 3 is 2.09 bits per heavy atom. The first kappa shape index (κ1) is 57.8. The molecule has 8 N–H and O–H groups in total. The third kappa shape index (κ3) is 23.4. The first-order valence-electron chi connectivity index (χ1n) is 23.9. The topological polar surface area (TPSA) is 267 Å². The van der Waals surface area contributed by atoms with Crippen molar-refractivity contribution in [1.82, 2.24) is 0 Å². The second-order valence-electron chi connectivity index (χ2n) is 17.4. The van der Waals surface area contributed by atoms with Crippen LogP contribution >= 0.6 is 7.82 Å². The van der Waals surface area contributed by atoms with Crippen LogP contribution in [0.4, 0.5) is 0 Å². The molecule has 1 unspecified atom stereocenters. The van der Waals surface area contributed by atoms with E-state index < -0.39 is 112 Å². The molecule has 0 spiro atoms. The number of phosphoric acid groups is 1. The number of unbranched alkanes of at least 4 members (excludes halogenated alkanes) is 10. The summed E-state index contributed by atoms with van der Waals surface area (Å²) in [6, 6.07) is 0. The number of aliphatic hydroxyl groups is 7. The van der Waals surface area contributed by atoms with Crippen molar-refractivity contribution in [3.63, 3.8) is 0 Å². The number of carbonyl (C=O) groups excluding carboxylic acids is 3. The predicted octanol–water partition coefficient (Wildman–Crippen LogP) is 5.98. The number of cyclic esters (lactones) is 1. The minimum absolute atomic E-state index is 0.00667. The van der Waals surface area contributed by atoms with E-state index in [9.17, 15) is 59.6 Å². The lowest BCUT2D eigenvalue weighted by Crippen LogP contribution is -2.55. The van der Waals surface area contributed by atoms with Crippen LogP contribution in [-0.4, -0.2) is 127 Å². The zero-order chi connectivity index (χ0) is 47.3. The van der Waals surface area contributed by atoms with Gasteiger partial charge in [0.1, 0.15) is 36.8 Å². The van der Waals surface area contributed by atoms with E-state index >= 15 is 0 Å². The van der Waals surface area contributed by atoms with Gasteiger partial charge in [-0.05, 0) is 57.8 Å². The Bertz CT molecular complexity index is 1440. The van der Waals surface area contributed by atoms with Gasteiger partial charge in [-0.1, -0.05) is 121 Å². The van der Waals surface area contributed by atoms with Crippen molar-refractivity contribution < 1.29 is 78.1 Å². The molecule has 1 heterocycles. The Morgan fingerprint density at radius 2 is 1.39 bits per heavy atom. The summed E-state index contributed by atoms with van der Waals surface area (Å²) in [4.78, 5) is 50.2. The number of phosphoric ester groups is 1. The van der Waals surface area contributed by atoms with Gasteiger partial charge in [0, 0.05) is 25.2 Å². The number of rotatable bonds is 21. The number of hydrogen-bond acceptors (Lipinski definition) is 15. The van der Waals surface area contributed by atoms with E-state index in [2.05, 4.69) is 31.2 Å². The van der Waals surface area contributed by atoms with Crippen LogP contribution in [0.5, 0.6) is 0 Å². The van der Waals surface area contributed by atoms with E-state index in [0.717, 1.165) is 63.9 Å². The highest BCUT2D eigenvalue weighted by Crippen LogP contribution is 2.47. The Hall–Kier alpha value is -2.34. The van der Waals surface area contributed by atoms with Gasteiger partial charge in [-0.25, -0.2) is 4.57 Å². The highest BCUT2D eigenvalue weighted by Gasteiger charge is 2.49. The number of esters is 2. The van der Waals surface area contributed by atoms with Gasteiger partial charge in [-0.3, -0.25) is 23.4 Å². The first-order valence-corrected chi connectivity index (χ1v) is 25.4. The Kier molecular flexibility index (Phi) is 30.0. The van der Waals surface area contributed by atoms with Crippen LogP contribution in [0.2, 0.25) is 0 Å². The van der Waals surface area contributed by atoms with E-state index in [0.29, 0.717) is 44.9 Å². The lowest BCUT2D eigenvalue weighted by Gasteiger charge is -2.37. The van der Waals surface area contributed by atoms with Gasteiger partial charge in [0.05, 0.1) is 36.9 Å². The molecule has 12 atom stereocenters. The van der Waals surface area contributed by atoms with Crippen molar-refractivity contribution in [3.8, 4) is 0 Å². The summed E-state index contributed by atoms with van der Waals surface area (Å²) in [5, 5.41) is 78.6. The number of hydrogen-bond donors (Lipinski definition) is 8. The van der Waals surface area contributed by atoms with Gasteiger partial charge in [-0.15, -0.1) is 0 Å². The van der Waals surface area contributed by atoms with Crippen molar-refractivity contribution in [2.45, 2.75) is 216 Å². The smallest absolute Gasteiger partial charge is 0.462 e. The minimum Gasteiger partial charge on any atom is -0.462 e. The number of aliphatic hydroxyl groups excluding tert-OH is 7. The normalized spacial score (nSPS) is 31.7. The summed E-state index contributed by atoms with van der Waals surface area (Å²) >= 11 is 0. The molecule has 2 fully saturated rings. The van der Waals surface area contributed by atoms with Crippen LogP contribution in [0.25, 0.3) is 0 Å². The predicted molar refractivity (Wildman–Crippen MR) is 240 cm³/mol. The quantitative estimate of drug-likeness (QED) is 0.0285. The second-order valence-corrected chi connectivity index (χ2v) is 18.8. The Balaban J connectivity index is 2.21. The van der Waals surface area contributed by atoms with Crippen LogP contribution in [-0.2, 0) is 37.5 Å². The second kappa shape index (κ2) is 33.2. The molecule has 370 valence electrons. The third-order valence-electron chi connectivity index (χ3n) is 11.9. The molecule has 2 bridgehead atoms. The van der Waals surface area contributed by atoms with E-state index in [1.807, 2.05) is 6.92 Å². The molecule has 0 aromatic rings. The fraction of sp³-hybridized carbons (Fsp3) is 0.809. The SMILES string of the molecule is CCCCC/C=C\C/C=C\CCCCCCCC(=O)O[C@@H]1COC(=O)CCCCCC[C@@H]2[C@@H](O)[C@H](O)[C@@H](O)[C@H](OP(=O)(O)OC1)[C@H](O)[C@H](O)[C@@H](/C=C/[C@@H](O)CCCCC)C(=O)C[C@@H]2O. The van der Waals surface area contributed by atoms with E-state index in [1.165, 1.54) is 25.3 Å². The van der Waals surface area contributed by atoms with Gasteiger partial charge in [-0.2, -0.15) is 0 Å². The van der Waals surface area contributed by atoms with Crippen LogP contribution in [0.3, 0.4) is 0 Å². The van der Waals surface area contributed by atoms with Gasteiger partial charge in [0.15, 0.2) is 6.10 Å². The highest BCUT2D eigenvalue weighted by molar-refractivity contribution is 7.47. The minimum atomic E-state index is -5.46. The van der Waals surface area contributed by atoms with Crippen molar-refractivity contribution in [1.29, 1.82) is 0 Å².